The van der Waals surface area contributed by atoms with Gasteiger partial charge in [0.05, 0.1) is 5.56 Å². The molecule has 0 amide bonds. The molecule has 96 valence electrons. The van der Waals surface area contributed by atoms with Crippen LogP contribution in [0, 0.1) is 0 Å². The standard InChI is InChI=1S/C10H11BrClF3N2/c1-2-7(4-12)17-9-8(10(13,14)15)3-6(11)5-16-9/h3,5,7H,2,4H2,1H3,(H,16,17). The van der Waals surface area contributed by atoms with Gasteiger partial charge in [-0.2, -0.15) is 13.2 Å². The molecule has 0 saturated heterocycles. The number of alkyl halides is 4. The minimum Gasteiger partial charge on any atom is -0.366 e. The largest absolute Gasteiger partial charge is 0.419 e. The van der Waals surface area contributed by atoms with Gasteiger partial charge in [-0.3, -0.25) is 0 Å². The first kappa shape index (κ1) is 14.6. The zero-order valence-corrected chi connectivity index (χ0v) is 11.3. The summed E-state index contributed by atoms with van der Waals surface area (Å²) in [6, 6.07) is 0.766. The van der Waals surface area contributed by atoms with Crippen molar-refractivity contribution < 1.29 is 13.2 Å². The molecule has 0 aliphatic rings. The van der Waals surface area contributed by atoms with Crippen LogP contribution in [-0.2, 0) is 6.18 Å². The molecule has 0 radical (unpaired) electrons. The van der Waals surface area contributed by atoms with Gasteiger partial charge in [0.25, 0.3) is 0 Å². The topological polar surface area (TPSA) is 24.9 Å². The summed E-state index contributed by atoms with van der Waals surface area (Å²) in [5, 5.41) is 2.70. The fourth-order valence-electron chi connectivity index (χ4n) is 1.21. The average molecular weight is 332 g/mol. The Hall–Kier alpha value is -0.490. The molecule has 7 heteroatoms. The van der Waals surface area contributed by atoms with Crippen LogP contribution >= 0.6 is 27.5 Å². The molecule has 0 fully saturated rings. The maximum atomic E-state index is 12.8. The van der Waals surface area contributed by atoms with E-state index in [0.29, 0.717) is 6.42 Å². The first-order valence-electron chi connectivity index (χ1n) is 4.93. The van der Waals surface area contributed by atoms with Crippen LogP contribution in [0.4, 0.5) is 19.0 Å². The van der Waals surface area contributed by atoms with E-state index in [1.165, 1.54) is 6.20 Å². The van der Waals surface area contributed by atoms with Crippen LogP contribution in [0.25, 0.3) is 0 Å². The second-order valence-corrected chi connectivity index (χ2v) is 4.68. The quantitative estimate of drug-likeness (QED) is 0.832. The lowest BCUT2D eigenvalue weighted by atomic mass is 10.2. The molecule has 0 aliphatic carbocycles. The second-order valence-electron chi connectivity index (χ2n) is 3.45. The summed E-state index contributed by atoms with van der Waals surface area (Å²) in [5.74, 6) is 0.0409. The van der Waals surface area contributed by atoms with Crippen LogP contribution in [0.15, 0.2) is 16.7 Å². The van der Waals surface area contributed by atoms with Crippen molar-refractivity contribution in [2.75, 3.05) is 11.2 Å². The van der Waals surface area contributed by atoms with E-state index < -0.39 is 11.7 Å². The van der Waals surface area contributed by atoms with E-state index in [1.807, 2.05) is 6.92 Å². The van der Waals surface area contributed by atoms with Gasteiger partial charge in [-0.1, -0.05) is 6.92 Å². The molecule has 1 heterocycles. The van der Waals surface area contributed by atoms with Crippen molar-refractivity contribution in [1.82, 2.24) is 4.98 Å². The van der Waals surface area contributed by atoms with Crippen molar-refractivity contribution in [3.8, 4) is 0 Å². The Morgan fingerprint density at radius 3 is 2.65 bits per heavy atom. The number of anilines is 1. The molecule has 0 bridgehead atoms. The third-order valence-corrected chi connectivity index (χ3v) is 2.99. The van der Waals surface area contributed by atoms with Crippen LogP contribution in [0.3, 0.4) is 0 Å². The predicted molar refractivity (Wildman–Crippen MR) is 65.4 cm³/mol. The van der Waals surface area contributed by atoms with Crippen LogP contribution in [0.5, 0.6) is 0 Å². The highest BCUT2D eigenvalue weighted by molar-refractivity contribution is 9.10. The Kier molecular flexibility index (Phi) is 5.06. The molecule has 1 rings (SSSR count). The summed E-state index contributed by atoms with van der Waals surface area (Å²) < 4.78 is 38.5. The van der Waals surface area contributed by atoms with Crippen molar-refractivity contribution in [2.24, 2.45) is 0 Å². The van der Waals surface area contributed by atoms with Crippen molar-refractivity contribution >= 4 is 33.3 Å². The average Bonchev–Trinajstić information content (AvgIpc) is 2.26. The van der Waals surface area contributed by atoms with Crippen molar-refractivity contribution in [3.63, 3.8) is 0 Å². The molecule has 1 unspecified atom stereocenters. The lowest BCUT2D eigenvalue weighted by Gasteiger charge is -2.18. The lowest BCUT2D eigenvalue weighted by Crippen LogP contribution is -2.23. The molecule has 0 saturated carbocycles. The molecule has 1 N–H and O–H groups in total. The maximum absolute atomic E-state index is 12.8. The smallest absolute Gasteiger partial charge is 0.366 e. The van der Waals surface area contributed by atoms with E-state index in [4.69, 9.17) is 11.6 Å². The molecule has 1 atom stereocenters. The van der Waals surface area contributed by atoms with E-state index in [0.717, 1.165) is 6.07 Å². The SMILES string of the molecule is CCC(CCl)Nc1ncc(Br)cc1C(F)(F)F. The highest BCUT2D eigenvalue weighted by atomic mass is 79.9. The van der Waals surface area contributed by atoms with Crippen LogP contribution in [0.1, 0.15) is 18.9 Å². The zero-order chi connectivity index (χ0) is 13.1. The molecule has 17 heavy (non-hydrogen) atoms. The van der Waals surface area contributed by atoms with E-state index in [9.17, 15) is 13.2 Å². The summed E-state index contributed by atoms with van der Waals surface area (Å²) in [6.45, 7) is 1.84. The Bertz CT molecular complexity index is 380. The highest BCUT2D eigenvalue weighted by Crippen LogP contribution is 2.35. The molecular formula is C10H11BrClF3N2. The van der Waals surface area contributed by atoms with Gasteiger partial charge in [0.2, 0.25) is 0 Å². The maximum Gasteiger partial charge on any atom is 0.419 e. The number of nitrogens with one attached hydrogen (secondary N) is 1. The molecule has 0 aliphatic heterocycles. The highest BCUT2D eigenvalue weighted by Gasteiger charge is 2.35. The molecule has 1 aromatic heterocycles. The van der Waals surface area contributed by atoms with Gasteiger partial charge >= 0.3 is 6.18 Å². The number of nitrogens with zero attached hydrogens (tertiary/aromatic N) is 1. The van der Waals surface area contributed by atoms with E-state index >= 15 is 0 Å². The molecule has 1 aromatic rings. The number of pyridine rings is 1. The molecule has 2 nitrogen and oxygen atoms in total. The van der Waals surface area contributed by atoms with E-state index in [-0.39, 0.29) is 22.2 Å². The minimum atomic E-state index is -4.44. The van der Waals surface area contributed by atoms with Gasteiger partial charge in [-0.25, -0.2) is 4.98 Å². The molecule has 0 aromatic carbocycles. The number of rotatable bonds is 4. The normalized spacial score (nSPS) is 13.5. The summed E-state index contributed by atoms with van der Waals surface area (Å²) >= 11 is 8.61. The predicted octanol–water partition coefficient (Wildman–Crippen LogP) is 4.29. The fourth-order valence-corrected chi connectivity index (χ4v) is 1.84. The van der Waals surface area contributed by atoms with Gasteiger partial charge in [0.1, 0.15) is 5.82 Å². The Morgan fingerprint density at radius 1 is 1.53 bits per heavy atom. The van der Waals surface area contributed by atoms with Gasteiger partial charge in [-0.05, 0) is 28.4 Å². The Morgan fingerprint density at radius 2 is 2.18 bits per heavy atom. The Labute approximate surface area is 111 Å². The van der Waals surface area contributed by atoms with Crippen molar-refractivity contribution in [2.45, 2.75) is 25.6 Å². The van der Waals surface area contributed by atoms with Gasteiger partial charge in [-0.15, -0.1) is 11.6 Å². The van der Waals surface area contributed by atoms with Crippen LogP contribution in [-0.4, -0.2) is 16.9 Å². The summed E-state index contributed by atoms with van der Waals surface area (Å²) in [6.07, 6.45) is -2.50. The van der Waals surface area contributed by atoms with Crippen LogP contribution in [0.2, 0.25) is 0 Å². The third-order valence-electron chi connectivity index (χ3n) is 2.18. The van der Waals surface area contributed by atoms with Gasteiger partial charge in [0.15, 0.2) is 0 Å². The first-order valence-corrected chi connectivity index (χ1v) is 6.26. The Balaban J connectivity index is 3.06. The zero-order valence-electron chi connectivity index (χ0n) is 8.98. The van der Waals surface area contributed by atoms with Gasteiger partial charge < -0.3 is 5.32 Å². The summed E-state index contributed by atoms with van der Waals surface area (Å²) in [5.41, 5.74) is -0.796. The molecule has 0 spiro atoms. The number of hydrogen-bond donors (Lipinski definition) is 1. The van der Waals surface area contributed by atoms with Gasteiger partial charge in [0, 0.05) is 22.6 Å². The third kappa shape index (κ3) is 4.03. The monoisotopic (exact) mass is 330 g/mol. The second kappa shape index (κ2) is 5.91. The van der Waals surface area contributed by atoms with E-state index in [1.54, 1.807) is 0 Å². The minimum absolute atomic E-state index is 0.187. The van der Waals surface area contributed by atoms with Crippen molar-refractivity contribution in [3.05, 3.63) is 22.3 Å². The lowest BCUT2D eigenvalue weighted by molar-refractivity contribution is -0.137. The van der Waals surface area contributed by atoms with Crippen molar-refractivity contribution in [1.29, 1.82) is 0 Å². The summed E-state index contributed by atoms with van der Waals surface area (Å²) in [4.78, 5) is 3.74. The fraction of sp³-hybridized carbons (Fsp3) is 0.500. The first-order chi connectivity index (χ1) is 7.88. The summed E-state index contributed by atoms with van der Waals surface area (Å²) in [7, 11) is 0. The van der Waals surface area contributed by atoms with Crippen LogP contribution < -0.4 is 5.32 Å². The number of aromatic nitrogens is 1. The number of hydrogen-bond acceptors (Lipinski definition) is 2. The molecular weight excluding hydrogens is 320 g/mol. The van der Waals surface area contributed by atoms with E-state index in [2.05, 4.69) is 26.2 Å². The number of halogens is 5.